The van der Waals surface area contributed by atoms with Crippen LogP contribution in [0.3, 0.4) is 0 Å². The van der Waals surface area contributed by atoms with E-state index in [1.54, 1.807) is 18.2 Å². The summed E-state index contributed by atoms with van der Waals surface area (Å²) in [4.78, 5) is 24.6. The highest BCUT2D eigenvalue weighted by atomic mass is 127. The lowest BCUT2D eigenvalue weighted by atomic mass is 10.1. The average molecular weight is 361 g/mol. The van der Waals surface area contributed by atoms with Crippen LogP contribution in [0.5, 0.6) is 0 Å². The third-order valence-electron chi connectivity index (χ3n) is 2.93. The third kappa shape index (κ3) is 2.49. The Morgan fingerprint density at radius 2 is 2.00 bits per heavy atom. The van der Waals surface area contributed by atoms with Crippen LogP contribution in [0.2, 0.25) is 0 Å². The van der Waals surface area contributed by atoms with Crippen LogP contribution in [0.25, 0.3) is 0 Å². The molecule has 0 radical (unpaired) electrons. The fourth-order valence-corrected chi connectivity index (χ4v) is 2.68. The van der Waals surface area contributed by atoms with E-state index < -0.39 is 18.1 Å². The van der Waals surface area contributed by atoms with E-state index in [-0.39, 0.29) is 18.9 Å². The number of β-amino-alcohol motifs (C(OH)–C–C–N with tert-alkyl or cyclic N) is 1. The largest absolute Gasteiger partial charge is 0.480 e. The summed E-state index contributed by atoms with van der Waals surface area (Å²) in [6.07, 6.45) is -0.679. The number of amides is 1. The lowest BCUT2D eigenvalue weighted by Gasteiger charge is -2.21. The Hall–Kier alpha value is -1.15. The number of carboxylic acid groups (broad SMARTS) is 1. The van der Waals surface area contributed by atoms with Gasteiger partial charge in [-0.15, -0.1) is 0 Å². The second-order valence-corrected chi connectivity index (χ2v) is 5.34. The molecule has 0 aliphatic carbocycles. The Labute approximate surface area is 118 Å². The number of hydrogen-bond donors (Lipinski definition) is 2. The predicted octanol–water partition coefficient (Wildman–Crippen LogP) is 0.951. The van der Waals surface area contributed by atoms with Gasteiger partial charge in [0.1, 0.15) is 6.04 Å². The van der Waals surface area contributed by atoms with Gasteiger partial charge < -0.3 is 15.1 Å². The van der Waals surface area contributed by atoms with Crippen LogP contribution >= 0.6 is 22.6 Å². The van der Waals surface area contributed by atoms with Gasteiger partial charge in [0.05, 0.1) is 11.7 Å². The molecule has 1 aliphatic rings. The van der Waals surface area contributed by atoms with E-state index in [2.05, 4.69) is 0 Å². The summed E-state index contributed by atoms with van der Waals surface area (Å²) in [7, 11) is 0. The molecule has 18 heavy (non-hydrogen) atoms. The van der Waals surface area contributed by atoms with E-state index in [1.807, 2.05) is 28.7 Å². The Kier molecular flexibility index (Phi) is 3.86. The van der Waals surface area contributed by atoms with Crippen LogP contribution in [0.1, 0.15) is 16.8 Å². The summed E-state index contributed by atoms with van der Waals surface area (Å²) < 4.78 is 0.769. The Balaban J connectivity index is 2.28. The molecule has 1 aliphatic heterocycles. The number of carbonyl (C=O) groups excluding carboxylic acids is 1. The number of aliphatic hydroxyl groups excluding tert-OH is 1. The molecule has 1 heterocycles. The number of aliphatic carboxylic acids is 1. The fraction of sp³-hybridized carbons (Fsp3) is 0.333. The number of hydrogen-bond acceptors (Lipinski definition) is 3. The van der Waals surface area contributed by atoms with Gasteiger partial charge in [-0.1, -0.05) is 12.1 Å². The highest BCUT2D eigenvalue weighted by Gasteiger charge is 2.39. The first-order valence-electron chi connectivity index (χ1n) is 5.47. The first kappa shape index (κ1) is 13.3. The number of rotatable bonds is 2. The van der Waals surface area contributed by atoms with Gasteiger partial charge in [0.2, 0.25) is 0 Å². The van der Waals surface area contributed by atoms with E-state index in [1.165, 1.54) is 4.90 Å². The van der Waals surface area contributed by atoms with Crippen molar-refractivity contribution in [2.45, 2.75) is 18.6 Å². The minimum atomic E-state index is -1.08. The highest BCUT2D eigenvalue weighted by Crippen LogP contribution is 2.22. The topological polar surface area (TPSA) is 77.8 Å². The molecule has 2 rings (SSSR count). The lowest BCUT2D eigenvalue weighted by Crippen LogP contribution is -2.40. The molecule has 1 amide bonds. The van der Waals surface area contributed by atoms with Crippen molar-refractivity contribution in [3.8, 4) is 0 Å². The number of carbonyl (C=O) groups is 2. The lowest BCUT2D eigenvalue weighted by molar-refractivity contribution is -0.141. The zero-order valence-corrected chi connectivity index (χ0v) is 11.6. The molecule has 0 aromatic heterocycles. The number of halogens is 1. The Bertz CT molecular complexity index is 491. The number of likely N-dealkylation sites (tertiary alicyclic amines) is 1. The number of benzene rings is 1. The van der Waals surface area contributed by atoms with E-state index in [0.717, 1.165) is 3.57 Å². The van der Waals surface area contributed by atoms with Gasteiger partial charge >= 0.3 is 5.97 Å². The first-order chi connectivity index (χ1) is 8.50. The van der Waals surface area contributed by atoms with Gasteiger partial charge in [-0.2, -0.15) is 0 Å². The van der Waals surface area contributed by atoms with Gasteiger partial charge in [0.15, 0.2) is 0 Å². The Morgan fingerprint density at radius 1 is 1.33 bits per heavy atom. The minimum absolute atomic E-state index is 0.0702. The standard InChI is InChI=1S/C12H12INO4/c13-9-4-2-1-3-8(9)11(16)14-6-7(15)5-10(14)12(17)18/h1-4,7,10,15H,5-6H2,(H,17,18)/t7?,10-/m0/s1. The maximum atomic E-state index is 12.3. The second kappa shape index (κ2) is 5.23. The molecule has 0 bridgehead atoms. The van der Waals surface area contributed by atoms with Crippen molar-refractivity contribution in [2.24, 2.45) is 0 Å². The number of carboxylic acids is 1. The fourth-order valence-electron chi connectivity index (χ4n) is 2.06. The van der Waals surface area contributed by atoms with Crippen molar-refractivity contribution in [1.82, 2.24) is 4.90 Å². The molecular formula is C12H12INO4. The summed E-state index contributed by atoms with van der Waals surface area (Å²) >= 11 is 2.03. The quantitative estimate of drug-likeness (QED) is 0.769. The molecule has 1 aromatic carbocycles. The van der Waals surface area contributed by atoms with E-state index >= 15 is 0 Å². The average Bonchev–Trinajstić information content (AvgIpc) is 2.71. The van der Waals surface area contributed by atoms with Crippen LogP contribution in [-0.4, -0.2) is 45.7 Å². The first-order valence-corrected chi connectivity index (χ1v) is 6.55. The van der Waals surface area contributed by atoms with Crippen molar-refractivity contribution in [3.63, 3.8) is 0 Å². The molecule has 96 valence electrons. The van der Waals surface area contributed by atoms with E-state index in [9.17, 15) is 14.7 Å². The Morgan fingerprint density at radius 3 is 2.61 bits per heavy atom. The van der Waals surface area contributed by atoms with Crippen molar-refractivity contribution in [2.75, 3.05) is 6.54 Å². The highest BCUT2D eigenvalue weighted by molar-refractivity contribution is 14.1. The van der Waals surface area contributed by atoms with Gasteiger partial charge in [-0.3, -0.25) is 4.79 Å². The van der Waals surface area contributed by atoms with Crippen LogP contribution in [0, 0.1) is 3.57 Å². The van der Waals surface area contributed by atoms with E-state index in [0.29, 0.717) is 5.56 Å². The monoisotopic (exact) mass is 361 g/mol. The molecular weight excluding hydrogens is 349 g/mol. The van der Waals surface area contributed by atoms with Crippen molar-refractivity contribution >= 4 is 34.5 Å². The SMILES string of the molecule is O=C(O)[C@@H]1CC(O)CN1C(=O)c1ccccc1I. The van der Waals surface area contributed by atoms with Crippen molar-refractivity contribution < 1.29 is 19.8 Å². The molecule has 1 unspecified atom stereocenters. The molecule has 1 aromatic rings. The molecule has 5 nitrogen and oxygen atoms in total. The predicted molar refractivity (Wildman–Crippen MR) is 72.2 cm³/mol. The van der Waals surface area contributed by atoms with Gasteiger partial charge in [-0.25, -0.2) is 4.79 Å². The van der Waals surface area contributed by atoms with Crippen LogP contribution in [-0.2, 0) is 4.79 Å². The molecule has 0 saturated carbocycles. The molecule has 1 fully saturated rings. The number of aliphatic hydroxyl groups is 1. The van der Waals surface area contributed by atoms with Crippen LogP contribution < -0.4 is 0 Å². The van der Waals surface area contributed by atoms with Crippen molar-refractivity contribution in [3.05, 3.63) is 33.4 Å². The van der Waals surface area contributed by atoms with Gasteiger partial charge in [-0.05, 0) is 34.7 Å². The third-order valence-corrected chi connectivity index (χ3v) is 3.87. The smallest absolute Gasteiger partial charge is 0.326 e. The number of nitrogens with zero attached hydrogens (tertiary/aromatic N) is 1. The molecule has 1 saturated heterocycles. The molecule has 6 heteroatoms. The minimum Gasteiger partial charge on any atom is -0.480 e. The molecule has 2 atom stereocenters. The van der Waals surface area contributed by atoms with Gasteiger partial charge in [0, 0.05) is 16.5 Å². The zero-order valence-electron chi connectivity index (χ0n) is 9.41. The zero-order chi connectivity index (χ0) is 13.3. The van der Waals surface area contributed by atoms with Crippen molar-refractivity contribution in [1.29, 1.82) is 0 Å². The summed E-state index contributed by atoms with van der Waals surface area (Å²) in [5.74, 6) is -1.42. The molecule has 2 N–H and O–H groups in total. The van der Waals surface area contributed by atoms with Gasteiger partial charge in [0.25, 0.3) is 5.91 Å². The summed E-state index contributed by atoms with van der Waals surface area (Å²) in [5.41, 5.74) is 0.471. The summed E-state index contributed by atoms with van der Waals surface area (Å²) in [5, 5.41) is 18.6. The van der Waals surface area contributed by atoms with Crippen LogP contribution in [0.15, 0.2) is 24.3 Å². The molecule has 0 spiro atoms. The summed E-state index contributed by atoms with van der Waals surface area (Å²) in [6, 6.07) is 6.05. The normalized spacial score (nSPS) is 23.1. The maximum Gasteiger partial charge on any atom is 0.326 e. The van der Waals surface area contributed by atoms with E-state index in [4.69, 9.17) is 5.11 Å². The summed E-state index contributed by atoms with van der Waals surface area (Å²) in [6.45, 7) is 0.0702. The maximum absolute atomic E-state index is 12.3. The van der Waals surface area contributed by atoms with Crippen LogP contribution in [0.4, 0.5) is 0 Å². The second-order valence-electron chi connectivity index (χ2n) is 4.18.